The highest BCUT2D eigenvalue weighted by Gasteiger charge is 2.17. The first kappa shape index (κ1) is 9.88. The van der Waals surface area contributed by atoms with Crippen molar-refractivity contribution in [1.82, 2.24) is 9.97 Å². The van der Waals surface area contributed by atoms with E-state index in [1.165, 1.54) is 0 Å². The van der Waals surface area contributed by atoms with E-state index in [0.29, 0.717) is 0 Å². The molecule has 0 bridgehead atoms. The van der Waals surface area contributed by atoms with E-state index in [0.717, 1.165) is 10.6 Å². The van der Waals surface area contributed by atoms with E-state index in [1.54, 1.807) is 17.5 Å². The van der Waals surface area contributed by atoms with Crippen LogP contribution < -0.4 is 5.73 Å². The number of thiophene rings is 1. The molecule has 0 saturated heterocycles. The van der Waals surface area contributed by atoms with Crippen molar-refractivity contribution in [3.8, 4) is 10.6 Å². The molecular formula is C9H9N3O2S. The summed E-state index contributed by atoms with van der Waals surface area (Å²) < 4.78 is 0. The van der Waals surface area contributed by atoms with Crippen molar-refractivity contribution in [2.45, 2.75) is 6.04 Å². The van der Waals surface area contributed by atoms with Crippen molar-refractivity contribution in [2.24, 2.45) is 5.73 Å². The summed E-state index contributed by atoms with van der Waals surface area (Å²) in [5, 5.41) is 10.6. The van der Waals surface area contributed by atoms with Crippen molar-refractivity contribution >= 4 is 17.3 Å². The minimum Gasteiger partial charge on any atom is -0.480 e. The van der Waals surface area contributed by atoms with Gasteiger partial charge in [-0.25, -0.2) is 4.98 Å². The molecule has 6 heteroatoms. The van der Waals surface area contributed by atoms with Crippen LogP contribution in [0.1, 0.15) is 11.9 Å². The van der Waals surface area contributed by atoms with E-state index < -0.39 is 12.0 Å². The number of aromatic nitrogens is 2. The molecule has 78 valence electrons. The zero-order chi connectivity index (χ0) is 10.8. The molecule has 0 aromatic carbocycles. The van der Waals surface area contributed by atoms with Crippen LogP contribution in [0.4, 0.5) is 0 Å². The molecule has 2 heterocycles. The molecule has 0 aliphatic heterocycles. The van der Waals surface area contributed by atoms with E-state index in [4.69, 9.17) is 10.8 Å². The number of H-pyrrole nitrogens is 1. The lowest BCUT2D eigenvalue weighted by atomic mass is 10.3. The summed E-state index contributed by atoms with van der Waals surface area (Å²) in [6.45, 7) is 0. The Kier molecular flexibility index (Phi) is 2.53. The van der Waals surface area contributed by atoms with E-state index in [1.807, 2.05) is 17.5 Å². The lowest BCUT2D eigenvalue weighted by Gasteiger charge is -2.00. The van der Waals surface area contributed by atoms with Crippen LogP contribution >= 0.6 is 11.3 Å². The number of hydrogen-bond donors (Lipinski definition) is 3. The molecule has 2 aromatic heterocycles. The van der Waals surface area contributed by atoms with Gasteiger partial charge in [0.1, 0.15) is 5.82 Å². The fourth-order valence-electron chi connectivity index (χ4n) is 1.17. The van der Waals surface area contributed by atoms with E-state index in [-0.39, 0.29) is 5.82 Å². The number of aromatic amines is 1. The van der Waals surface area contributed by atoms with Crippen LogP contribution in [0.5, 0.6) is 0 Å². The van der Waals surface area contributed by atoms with Crippen molar-refractivity contribution in [3.63, 3.8) is 0 Å². The number of nitrogens with one attached hydrogen (secondary N) is 1. The number of carbonyl (C=O) groups is 1. The van der Waals surface area contributed by atoms with Gasteiger partial charge < -0.3 is 15.8 Å². The average Bonchev–Trinajstić information content (AvgIpc) is 2.86. The number of aliphatic carboxylic acids is 1. The largest absolute Gasteiger partial charge is 0.480 e. The van der Waals surface area contributed by atoms with Gasteiger partial charge in [0.25, 0.3) is 0 Å². The zero-order valence-corrected chi connectivity index (χ0v) is 8.49. The van der Waals surface area contributed by atoms with Crippen LogP contribution in [-0.2, 0) is 4.79 Å². The molecular weight excluding hydrogens is 214 g/mol. The number of rotatable bonds is 3. The van der Waals surface area contributed by atoms with Gasteiger partial charge in [0.2, 0.25) is 0 Å². The summed E-state index contributed by atoms with van der Waals surface area (Å²) in [5.74, 6) is -0.826. The topological polar surface area (TPSA) is 92.0 Å². The van der Waals surface area contributed by atoms with Gasteiger partial charge in [-0.3, -0.25) is 4.79 Å². The van der Waals surface area contributed by atoms with Crippen LogP contribution in [-0.4, -0.2) is 21.0 Å². The maximum Gasteiger partial charge on any atom is 0.328 e. The molecule has 15 heavy (non-hydrogen) atoms. The van der Waals surface area contributed by atoms with E-state index >= 15 is 0 Å². The van der Waals surface area contributed by atoms with Crippen molar-refractivity contribution in [2.75, 3.05) is 0 Å². The highest BCUT2D eigenvalue weighted by Crippen LogP contribution is 2.23. The Hall–Kier alpha value is -1.66. The first-order valence-electron chi connectivity index (χ1n) is 4.25. The van der Waals surface area contributed by atoms with Gasteiger partial charge in [0, 0.05) is 0 Å². The summed E-state index contributed by atoms with van der Waals surface area (Å²) >= 11 is 1.55. The summed E-state index contributed by atoms with van der Waals surface area (Å²) in [6.07, 6.45) is 1.59. The maximum absolute atomic E-state index is 10.6. The smallest absolute Gasteiger partial charge is 0.328 e. The quantitative estimate of drug-likeness (QED) is 0.729. The molecule has 2 aromatic rings. The summed E-state index contributed by atoms with van der Waals surface area (Å²) in [7, 11) is 0. The SMILES string of the molecule is NC(C(=O)O)c1ncc(-c2cccs2)[nH]1. The highest BCUT2D eigenvalue weighted by atomic mass is 32.1. The summed E-state index contributed by atoms with van der Waals surface area (Å²) in [5.41, 5.74) is 6.20. The zero-order valence-electron chi connectivity index (χ0n) is 7.68. The molecule has 0 radical (unpaired) electrons. The van der Waals surface area contributed by atoms with Crippen LogP contribution in [0, 0.1) is 0 Å². The fourth-order valence-corrected chi connectivity index (χ4v) is 1.86. The lowest BCUT2D eigenvalue weighted by Crippen LogP contribution is -2.21. The predicted octanol–water partition coefficient (Wildman–Crippen LogP) is 1.22. The maximum atomic E-state index is 10.6. The number of carboxylic acids is 1. The Bertz CT molecular complexity index is 463. The number of nitrogens with zero attached hydrogens (tertiary/aromatic N) is 1. The van der Waals surface area contributed by atoms with Gasteiger partial charge >= 0.3 is 5.97 Å². The first-order chi connectivity index (χ1) is 7.18. The van der Waals surface area contributed by atoms with E-state index in [9.17, 15) is 4.79 Å². The van der Waals surface area contributed by atoms with Crippen molar-refractivity contribution in [3.05, 3.63) is 29.5 Å². The summed E-state index contributed by atoms with van der Waals surface area (Å²) in [4.78, 5) is 18.4. The van der Waals surface area contributed by atoms with Gasteiger partial charge in [-0.05, 0) is 11.4 Å². The minimum absolute atomic E-state index is 0.269. The number of nitrogens with two attached hydrogens (primary N) is 1. The molecule has 4 N–H and O–H groups in total. The van der Waals surface area contributed by atoms with Crippen LogP contribution in [0.25, 0.3) is 10.6 Å². The third-order valence-electron chi connectivity index (χ3n) is 1.94. The van der Waals surface area contributed by atoms with Crippen LogP contribution in [0.2, 0.25) is 0 Å². The Morgan fingerprint density at radius 2 is 2.47 bits per heavy atom. The molecule has 0 spiro atoms. The van der Waals surface area contributed by atoms with Crippen LogP contribution in [0.15, 0.2) is 23.7 Å². The number of hydrogen-bond acceptors (Lipinski definition) is 4. The number of imidazole rings is 1. The molecule has 0 aliphatic carbocycles. The Morgan fingerprint density at radius 3 is 3.07 bits per heavy atom. The average molecular weight is 223 g/mol. The Morgan fingerprint density at radius 1 is 1.67 bits per heavy atom. The Balaban J connectivity index is 2.28. The van der Waals surface area contributed by atoms with Gasteiger partial charge in [0.05, 0.1) is 16.8 Å². The molecule has 2 rings (SSSR count). The minimum atomic E-state index is -1.10. The molecule has 5 nitrogen and oxygen atoms in total. The fraction of sp³-hybridized carbons (Fsp3) is 0.111. The van der Waals surface area contributed by atoms with Crippen molar-refractivity contribution in [1.29, 1.82) is 0 Å². The molecule has 0 aliphatic rings. The lowest BCUT2D eigenvalue weighted by molar-refractivity contribution is -0.138. The molecule has 0 fully saturated rings. The second-order valence-electron chi connectivity index (χ2n) is 2.98. The summed E-state index contributed by atoms with van der Waals surface area (Å²) in [6, 6.07) is 2.74. The Labute approximate surface area is 89.6 Å². The third kappa shape index (κ3) is 1.90. The molecule has 0 saturated carbocycles. The monoisotopic (exact) mass is 223 g/mol. The molecule has 1 atom stereocenters. The van der Waals surface area contributed by atoms with Gasteiger partial charge in [0.15, 0.2) is 6.04 Å². The molecule has 0 amide bonds. The van der Waals surface area contributed by atoms with Gasteiger partial charge in [-0.15, -0.1) is 11.3 Å². The molecule has 1 unspecified atom stereocenters. The van der Waals surface area contributed by atoms with Gasteiger partial charge in [-0.2, -0.15) is 0 Å². The van der Waals surface area contributed by atoms with Crippen LogP contribution in [0.3, 0.4) is 0 Å². The van der Waals surface area contributed by atoms with Crippen molar-refractivity contribution < 1.29 is 9.90 Å². The second kappa shape index (κ2) is 3.84. The second-order valence-corrected chi connectivity index (χ2v) is 3.92. The standard InChI is InChI=1S/C9H9N3O2S/c10-7(9(13)14)8-11-4-5(12-8)6-2-1-3-15-6/h1-4,7H,10H2,(H,11,12)(H,13,14). The normalized spacial score (nSPS) is 12.6. The first-order valence-corrected chi connectivity index (χ1v) is 5.13. The number of carboxylic acid groups (broad SMARTS) is 1. The third-order valence-corrected chi connectivity index (χ3v) is 2.85. The highest BCUT2D eigenvalue weighted by molar-refractivity contribution is 7.13. The van der Waals surface area contributed by atoms with E-state index in [2.05, 4.69) is 9.97 Å². The van der Waals surface area contributed by atoms with Gasteiger partial charge in [-0.1, -0.05) is 6.07 Å². The predicted molar refractivity (Wildman–Crippen MR) is 56.5 cm³/mol.